The Labute approximate surface area is 59.3 Å². The van der Waals surface area contributed by atoms with Crippen molar-refractivity contribution in [3.05, 3.63) is 0 Å². The fourth-order valence-corrected chi connectivity index (χ4v) is 0. The Morgan fingerprint density at radius 1 is 1.33 bits per heavy atom. The Morgan fingerprint density at radius 2 is 1.33 bits per heavy atom. The molecule has 0 rings (SSSR count). The molecule has 9 heavy (non-hydrogen) atoms. The topological polar surface area (TPSA) is 94.8 Å². The van der Waals surface area contributed by atoms with Gasteiger partial charge in [-0.1, -0.05) is 0 Å². The van der Waals surface area contributed by atoms with Crippen molar-refractivity contribution in [2.75, 3.05) is 6.35 Å². The van der Waals surface area contributed by atoms with E-state index in [1.807, 2.05) is 0 Å². The molecule has 0 aliphatic rings. The quantitative estimate of drug-likeness (QED) is 0.349. The summed E-state index contributed by atoms with van der Waals surface area (Å²) >= 11 is 0. The fourth-order valence-electron chi connectivity index (χ4n) is 0. The van der Waals surface area contributed by atoms with Gasteiger partial charge >= 0.3 is 10.4 Å². The molecule has 3 N–H and O–H groups in total. The maximum Gasteiger partial charge on any atom is 0.394 e. The van der Waals surface area contributed by atoms with E-state index in [4.69, 9.17) is 22.6 Å². The van der Waals surface area contributed by atoms with Gasteiger partial charge in [-0.15, -0.1) is 9.24 Å². The molecule has 0 aliphatic heterocycles. The first-order valence-electron chi connectivity index (χ1n) is 1.42. The molecule has 0 saturated heterocycles. The van der Waals surface area contributed by atoms with Crippen molar-refractivity contribution >= 4 is 29.5 Å². The second-order valence-corrected chi connectivity index (χ2v) is 1.89. The minimum atomic E-state index is -4.67. The molecule has 60 valence electrons. The van der Waals surface area contributed by atoms with Crippen molar-refractivity contribution < 1.29 is 22.6 Å². The van der Waals surface area contributed by atoms with Gasteiger partial charge in [0, 0.05) is 0 Å². The molecule has 0 aliphatic carbocycles. The summed E-state index contributed by atoms with van der Waals surface area (Å²) in [6.45, 7) is 0. The van der Waals surface area contributed by atoms with Crippen molar-refractivity contribution in [2.45, 2.75) is 0 Å². The Bertz CT molecular complexity index is 109. The standard InChI is InChI=1S/CH5OP.H2O4S.H3P/c2-1-3;1-5(2,3)4;/h2H,1,3H2;(H2,1,2,3,4);1H3. The predicted octanol–water partition coefficient (Wildman–Crippen LogP) is -0.783. The summed E-state index contributed by atoms with van der Waals surface area (Å²) in [5.41, 5.74) is 0. The summed E-state index contributed by atoms with van der Waals surface area (Å²) in [5, 5.41) is 7.53. The molecular formula is CH10O5P2S. The molecule has 2 unspecified atom stereocenters. The molecule has 0 spiro atoms. The van der Waals surface area contributed by atoms with Gasteiger partial charge in [-0.25, -0.2) is 0 Å². The zero-order chi connectivity index (χ0) is 7.21. The van der Waals surface area contributed by atoms with Crippen LogP contribution < -0.4 is 0 Å². The number of hydrogen-bond acceptors (Lipinski definition) is 3. The highest BCUT2D eigenvalue weighted by molar-refractivity contribution is 7.79. The average Bonchev–Trinajstić information content (AvgIpc) is 1.27. The average molecular weight is 196 g/mol. The lowest BCUT2D eigenvalue weighted by molar-refractivity contribution is 0.374. The first-order chi connectivity index (χ1) is 3.41. The van der Waals surface area contributed by atoms with Crippen LogP contribution in [0.3, 0.4) is 0 Å². The van der Waals surface area contributed by atoms with E-state index in [0.717, 1.165) is 0 Å². The number of rotatable bonds is 0. The van der Waals surface area contributed by atoms with Crippen LogP contribution in [0.5, 0.6) is 0 Å². The van der Waals surface area contributed by atoms with E-state index in [-0.39, 0.29) is 16.2 Å². The van der Waals surface area contributed by atoms with Gasteiger partial charge in [-0.2, -0.15) is 18.3 Å². The lowest BCUT2D eigenvalue weighted by atomic mass is 11.7. The van der Waals surface area contributed by atoms with Gasteiger partial charge in [-0.3, -0.25) is 9.11 Å². The van der Waals surface area contributed by atoms with Gasteiger partial charge in [0.1, 0.15) is 0 Å². The minimum absolute atomic E-state index is 0. The van der Waals surface area contributed by atoms with E-state index in [1.165, 1.54) is 0 Å². The highest BCUT2D eigenvalue weighted by Crippen LogP contribution is 1.63. The summed E-state index contributed by atoms with van der Waals surface area (Å²) in [6, 6.07) is 0. The van der Waals surface area contributed by atoms with E-state index in [2.05, 4.69) is 9.24 Å². The summed E-state index contributed by atoms with van der Waals surface area (Å²) in [7, 11) is -2.53. The number of aliphatic hydroxyl groups excluding tert-OH is 1. The highest BCUT2D eigenvalue weighted by atomic mass is 32.3. The molecule has 0 aromatic rings. The molecule has 0 bridgehead atoms. The molecule has 0 amide bonds. The van der Waals surface area contributed by atoms with Crippen LogP contribution in [0.25, 0.3) is 0 Å². The first kappa shape index (κ1) is 16.3. The van der Waals surface area contributed by atoms with Crippen LogP contribution >= 0.6 is 19.1 Å². The van der Waals surface area contributed by atoms with Crippen molar-refractivity contribution in [3.8, 4) is 0 Å². The summed E-state index contributed by atoms with van der Waals surface area (Å²) in [4.78, 5) is 0. The van der Waals surface area contributed by atoms with Gasteiger partial charge in [-0.05, 0) is 0 Å². The smallest absolute Gasteiger partial charge is 0.392 e. The number of hydrogen-bond donors (Lipinski definition) is 3. The molecule has 0 aromatic carbocycles. The zero-order valence-electron chi connectivity index (χ0n) is 4.56. The van der Waals surface area contributed by atoms with E-state index in [9.17, 15) is 0 Å². The van der Waals surface area contributed by atoms with Gasteiger partial charge in [0.05, 0.1) is 6.35 Å². The molecular weight excluding hydrogens is 186 g/mol. The monoisotopic (exact) mass is 196 g/mol. The van der Waals surface area contributed by atoms with Gasteiger partial charge < -0.3 is 5.11 Å². The van der Waals surface area contributed by atoms with Crippen LogP contribution in [0, 0.1) is 0 Å². The van der Waals surface area contributed by atoms with Crippen molar-refractivity contribution in [3.63, 3.8) is 0 Å². The van der Waals surface area contributed by atoms with Gasteiger partial charge in [0.25, 0.3) is 0 Å². The summed E-state index contributed by atoms with van der Waals surface area (Å²) in [6.07, 6.45) is 0.167. The predicted molar refractivity (Wildman–Crippen MR) is 42.1 cm³/mol. The van der Waals surface area contributed by atoms with Crippen molar-refractivity contribution in [1.29, 1.82) is 0 Å². The third-order valence-corrected chi connectivity index (χ3v) is 0. The van der Waals surface area contributed by atoms with E-state index >= 15 is 0 Å². The minimum Gasteiger partial charge on any atom is -0.392 e. The summed E-state index contributed by atoms with van der Waals surface area (Å²) in [5.74, 6) is 0. The van der Waals surface area contributed by atoms with Crippen LogP contribution in [0.15, 0.2) is 0 Å². The Morgan fingerprint density at radius 3 is 1.33 bits per heavy atom. The molecule has 0 aromatic heterocycles. The Kier molecular flexibility index (Phi) is 15.8. The van der Waals surface area contributed by atoms with Crippen LogP contribution in [0.2, 0.25) is 0 Å². The number of aliphatic hydroxyl groups is 1. The van der Waals surface area contributed by atoms with Crippen LogP contribution in [-0.2, 0) is 10.4 Å². The molecule has 0 saturated carbocycles. The first-order valence-corrected chi connectivity index (χ1v) is 3.64. The molecule has 8 heteroatoms. The van der Waals surface area contributed by atoms with Crippen molar-refractivity contribution in [1.82, 2.24) is 0 Å². The molecule has 2 atom stereocenters. The van der Waals surface area contributed by atoms with Crippen LogP contribution in [-0.4, -0.2) is 29.0 Å². The Hall–Kier alpha value is 0.690. The zero-order valence-corrected chi connectivity index (χ0v) is 7.94. The van der Waals surface area contributed by atoms with Gasteiger partial charge in [0.2, 0.25) is 0 Å². The van der Waals surface area contributed by atoms with Crippen LogP contribution in [0.1, 0.15) is 0 Å². The highest BCUT2D eigenvalue weighted by Gasteiger charge is 1.84. The third kappa shape index (κ3) is 817. The van der Waals surface area contributed by atoms with Gasteiger partial charge in [0.15, 0.2) is 0 Å². The lowest BCUT2D eigenvalue weighted by Crippen LogP contribution is -1.89. The molecule has 0 fully saturated rings. The Balaban J connectivity index is -0.0000000800. The SMILES string of the molecule is O=S(=O)(O)O.OCP.P. The van der Waals surface area contributed by atoms with E-state index < -0.39 is 10.4 Å². The third-order valence-electron chi connectivity index (χ3n) is 0. The largest absolute Gasteiger partial charge is 0.394 e. The van der Waals surface area contributed by atoms with E-state index in [1.54, 1.807) is 0 Å². The van der Waals surface area contributed by atoms with Crippen LogP contribution in [0.4, 0.5) is 0 Å². The maximum atomic E-state index is 8.74. The maximum absolute atomic E-state index is 8.74. The summed E-state index contributed by atoms with van der Waals surface area (Å²) < 4.78 is 31.6. The fraction of sp³-hybridized carbons (Fsp3) is 1.00. The normalized spacial score (nSPS) is 8.44. The van der Waals surface area contributed by atoms with Crippen molar-refractivity contribution in [2.24, 2.45) is 0 Å². The second kappa shape index (κ2) is 8.69. The molecule has 5 nitrogen and oxygen atoms in total. The lowest BCUT2D eigenvalue weighted by Gasteiger charge is -1.68. The molecule has 0 radical (unpaired) electrons. The molecule has 0 heterocycles. The second-order valence-electron chi connectivity index (χ2n) is 0.630. The van der Waals surface area contributed by atoms with E-state index in [0.29, 0.717) is 0 Å².